The smallest absolute Gasteiger partial charge is 0.319 e. The Balaban J connectivity index is 1.92. The Labute approximate surface area is 139 Å². The minimum absolute atomic E-state index is 0.251. The zero-order valence-electron chi connectivity index (χ0n) is 13.3. The summed E-state index contributed by atoms with van der Waals surface area (Å²) in [5.41, 5.74) is 2.10. The number of hydrogen-bond acceptors (Lipinski definition) is 4. The van der Waals surface area contributed by atoms with E-state index in [2.05, 4.69) is 15.6 Å². The number of pyridine rings is 1. The van der Waals surface area contributed by atoms with E-state index < -0.39 is 12.1 Å². The van der Waals surface area contributed by atoms with Crippen LogP contribution in [0.2, 0.25) is 5.15 Å². The van der Waals surface area contributed by atoms with Crippen molar-refractivity contribution < 1.29 is 14.3 Å². The van der Waals surface area contributed by atoms with Crippen LogP contribution in [-0.2, 0) is 0 Å². The molecule has 2 atom stereocenters. The number of nitrogens with one attached hydrogen (secondary N) is 2. The summed E-state index contributed by atoms with van der Waals surface area (Å²) in [6.07, 6.45) is 1.06. The Morgan fingerprint density at radius 2 is 2.22 bits per heavy atom. The van der Waals surface area contributed by atoms with Gasteiger partial charge in [-0.15, -0.1) is 0 Å². The minimum Gasteiger partial charge on any atom is -0.467 e. The number of nitrogens with zero attached hydrogens (tertiary/aromatic N) is 1. The lowest BCUT2D eigenvalue weighted by molar-refractivity contribution is 0.130. The first-order chi connectivity index (χ1) is 10.9. The molecule has 0 spiro atoms. The summed E-state index contributed by atoms with van der Waals surface area (Å²) >= 11 is 6.06. The second-order valence-corrected chi connectivity index (χ2v) is 5.87. The molecule has 0 aliphatic rings. The molecule has 0 aliphatic carbocycles. The number of aliphatic hydroxyl groups is 1. The van der Waals surface area contributed by atoms with Gasteiger partial charge in [0.05, 0.1) is 12.0 Å². The fourth-order valence-corrected chi connectivity index (χ4v) is 2.64. The van der Waals surface area contributed by atoms with Gasteiger partial charge >= 0.3 is 6.03 Å². The maximum absolute atomic E-state index is 12.1. The number of urea groups is 1. The van der Waals surface area contributed by atoms with Gasteiger partial charge in [-0.1, -0.05) is 11.6 Å². The number of furan rings is 1. The summed E-state index contributed by atoms with van der Waals surface area (Å²) < 4.78 is 5.14. The first kappa shape index (κ1) is 17.3. The van der Waals surface area contributed by atoms with Gasteiger partial charge in [-0.2, -0.15) is 0 Å². The van der Waals surface area contributed by atoms with Crippen LogP contribution in [0.1, 0.15) is 36.5 Å². The van der Waals surface area contributed by atoms with E-state index in [9.17, 15) is 9.90 Å². The third-order valence-corrected chi connectivity index (χ3v) is 3.64. The summed E-state index contributed by atoms with van der Waals surface area (Å²) in [5.74, 6) is 0.473. The number of aromatic nitrogens is 1. The summed E-state index contributed by atoms with van der Waals surface area (Å²) in [6.45, 7) is 5.48. The molecule has 6 nitrogen and oxygen atoms in total. The topological polar surface area (TPSA) is 87.4 Å². The van der Waals surface area contributed by atoms with Crippen molar-refractivity contribution in [1.29, 1.82) is 0 Å². The van der Waals surface area contributed by atoms with Crippen molar-refractivity contribution in [2.75, 3.05) is 5.32 Å². The van der Waals surface area contributed by atoms with Gasteiger partial charge in [0.15, 0.2) is 5.15 Å². The minimum atomic E-state index is -0.772. The molecule has 0 fully saturated rings. The predicted molar refractivity (Wildman–Crippen MR) is 88.6 cm³/mol. The highest BCUT2D eigenvalue weighted by atomic mass is 35.5. The van der Waals surface area contributed by atoms with Crippen LogP contribution in [0.5, 0.6) is 0 Å². The summed E-state index contributed by atoms with van der Waals surface area (Å²) in [4.78, 5) is 16.2. The van der Waals surface area contributed by atoms with E-state index in [0.29, 0.717) is 17.9 Å². The molecule has 0 saturated carbocycles. The average Bonchev–Trinajstić information content (AvgIpc) is 2.96. The van der Waals surface area contributed by atoms with Gasteiger partial charge in [0.1, 0.15) is 11.9 Å². The number of aryl methyl sites for hydroxylation is 2. The number of aliphatic hydroxyl groups excluding tert-OH is 1. The molecule has 2 rings (SSSR count). The Hall–Kier alpha value is -2.05. The lowest BCUT2D eigenvalue weighted by Crippen LogP contribution is -2.37. The highest BCUT2D eigenvalue weighted by molar-refractivity contribution is 6.32. The molecule has 2 aromatic heterocycles. The number of halogens is 1. The quantitative estimate of drug-likeness (QED) is 0.728. The van der Waals surface area contributed by atoms with Gasteiger partial charge in [-0.25, -0.2) is 9.78 Å². The third-order valence-electron chi connectivity index (χ3n) is 3.36. The van der Waals surface area contributed by atoms with Gasteiger partial charge < -0.3 is 20.2 Å². The molecule has 2 amide bonds. The van der Waals surface area contributed by atoms with E-state index in [-0.39, 0.29) is 11.2 Å². The standard InChI is InChI=1S/C16H20ClN3O3/c1-9-7-10(2)18-15(17)14(9)20-16(22)19-11(3)8-12(21)13-5-4-6-23-13/h4-7,11-12,21H,8H2,1-3H3,(H2,19,20,22). The Morgan fingerprint density at radius 3 is 2.83 bits per heavy atom. The molecule has 0 aromatic carbocycles. The molecule has 0 aliphatic heterocycles. The number of hydrogen-bond donors (Lipinski definition) is 3. The normalized spacial score (nSPS) is 13.4. The molecule has 2 aromatic rings. The zero-order chi connectivity index (χ0) is 17.0. The summed E-state index contributed by atoms with van der Waals surface area (Å²) in [5, 5.41) is 15.7. The largest absolute Gasteiger partial charge is 0.467 e. The first-order valence-corrected chi connectivity index (χ1v) is 7.67. The van der Waals surface area contributed by atoms with Crippen molar-refractivity contribution in [3.05, 3.63) is 46.6 Å². The Bertz CT molecular complexity index is 650. The van der Waals surface area contributed by atoms with E-state index >= 15 is 0 Å². The van der Waals surface area contributed by atoms with Crippen LogP contribution < -0.4 is 10.6 Å². The molecule has 2 heterocycles. The van der Waals surface area contributed by atoms with Gasteiger partial charge in [0.2, 0.25) is 0 Å². The molecule has 2 unspecified atom stereocenters. The van der Waals surface area contributed by atoms with Crippen molar-refractivity contribution in [2.24, 2.45) is 0 Å². The van der Waals surface area contributed by atoms with Crippen LogP contribution in [0.4, 0.5) is 10.5 Å². The second kappa shape index (κ2) is 7.48. The molecule has 3 N–H and O–H groups in total. The highest BCUT2D eigenvalue weighted by Crippen LogP contribution is 2.24. The van der Waals surface area contributed by atoms with Crippen molar-refractivity contribution in [3.8, 4) is 0 Å². The number of carbonyl (C=O) groups is 1. The lowest BCUT2D eigenvalue weighted by atomic mass is 10.1. The summed E-state index contributed by atoms with van der Waals surface area (Å²) in [7, 11) is 0. The first-order valence-electron chi connectivity index (χ1n) is 7.29. The number of rotatable bonds is 5. The van der Waals surface area contributed by atoms with E-state index in [4.69, 9.17) is 16.0 Å². The van der Waals surface area contributed by atoms with Crippen LogP contribution in [0.3, 0.4) is 0 Å². The van der Waals surface area contributed by atoms with Crippen LogP contribution in [0, 0.1) is 13.8 Å². The molecule has 0 radical (unpaired) electrons. The molecule has 0 bridgehead atoms. The van der Waals surface area contributed by atoms with Crippen molar-refractivity contribution in [2.45, 2.75) is 39.3 Å². The van der Waals surface area contributed by atoms with E-state index in [0.717, 1.165) is 11.3 Å². The van der Waals surface area contributed by atoms with Crippen molar-refractivity contribution in [1.82, 2.24) is 10.3 Å². The second-order valence-electron chi connectivity index (χ2n) is 5.51. The van der Waals surface area contributed by atoms with Crippen LogP contribution in [0.25, 0.3) is 0 Å². The van der Waals surface area contributed by atoms with Crippen molar-refractivity contribution in [3.63, 3.8) is 0 Å². The van der Waals surface area contributed by atoms with Gasteiger partial charge in [0.25, 0.3) is 0 Å². The molecular formula is C16H20ClN3O3. The number of anilines is 1. The molecule has 7 heteroatoms. The summed E-state index contributed by atoms with van der Waals surface area (Å²) in [6, 6.07) is 4.58. The predicted octanol–water partition coefficient (Wildman–Crippen LogP) is 3.58. The average molecular weight is 338 g/mol. The van der Waals surface area contributed by atoms with Crippen LogP contribution >= 0.6 is 11.6 Å². The number of carbonyl (C=O) groups excluding carboxylic acids is 1. The maximum atomic E-state index is 12.1. The monoisotopic (exact) mass is 337 g/mol. The van der Waals surface area contributed by atoms with Crippen molar-refractivity contribution >= 4 is 23.3 Å². The SMILES string of the molecule is Cc1cc(C)c(NC(=O)NC(C)CC(O)c2ccco2)c(Cl)n1. The molecule has 0 saturated heterocycles. The molecular weight excluding hydrogens is 318 g/mol. The van der Waals surface area contributed by atoms with Crippen LogP contribution in [-0.4, -0.2) is 22.2 Å². The Kier molecular flexibility index (Phi) is 5.63. The van der Waals surface area contributed by atoms with E-state index in [1.165, 1.54) is 6.26 Å². The van der Waals surface area contributed by atoms with Gasteiger partial charge in [0, 0.05) is 18.2 Å². The number of amides is 2. The molecule has 124 valence electrons. The maximum Gasteiger partial charge on any atom is 0.319 e. The highest BCUT2D eigenvalue weighted by Gasteiger charge is 2.17. The molecule has 23 heavy (non-hydrogen) atoms. The van der Waals surface area contributed by atoms with Gasteiger partial charge in [-0.3, -0.25) is 0 Å². The zero-order valence-corrected chi connectivity index (χ0v) is 14.0. The lowest BCUT2D eigenvalue weighted by Gasteiger charge is -2.18. The van der Waals surface area contributed by atoms with E-state index in [1.807, 2.05) is 19.9 Å². The fourth-order valence-electron chi connectivity index (χ4n) is 2.31. The Morgan fingerprint density at radius 1 is 1.48 bits per heavy atom. The fraction of sp³-hybridized carbons (Fsp3) is 0.375. The third kappa shape index (κ3) is 4.71. The van der Waals surface area contributed by atoms with E-state index in [1.54, 1.807) is 19.1 Å². The van der Waals surface area contributed by atoms with Crippen LogP contribution in [0.15, 0.2) is 28.9 Å². The van der Waals surface area contributed by atoms with Gasteiger partial charge in [-0.05, 0) is 44.5 Å².